The van der Waals surface area contributed by atoms with Crippen LogP contribution in [0.1, 0.15) is 73.1 Å². The lowest BCUT2D eigenvalue weighted by molar-refractivity contribution is -0.120. The topological polar surface area (TPSA) is 154 Å². The van der Waals surface area contributed by atoms with E-state index in [0.29, 0.717) is 58.2 Å². The Morgan fingerprint density at radius 1 is 1.06 bits per heavy atom. The maximum Gasteiger partial charge on any atom is 0.350 e. The van der Waals surface area contributed by atoms with Crippen LogP contribution in [-0.2, 0) is 20.7 Å². The Morgan fingerprint density at radius 2 is 1.79 bits per heavy atom. The molecule has 0 unspecified atom stereocenters. The summed E-state index contributed by atoms with van der Waals surface area (Å²) in [5, 5.41) is 9.25. The van der Waals surface area contributed by atoms with E-state index in [9.17, 15) is 19.2 Å². The zero-order valence-electron chi connectivity index (χ0n) is 28.0. The number of benzene rings is 1. The number of anilines is 2. The molecule has 0 bridgehead atoms. The van der Waals surface area contributed by atoms with Crippen LogP contribution >= 0.6 is 11.3 Å². The summed E-state index contributed by atoms with van der Waals surface area (Å²) in [4.78, 5) is 56.8. The first-order chi connectivity index (χ1) is 22.5. The highest BCUT2D eigenvalue weighted by atomic mass is 32.1. The number of carbonyl (C=O) groups is 3. The number of nitrogens with zero attached hydrogens (tertiary/aromatic N) is 1. The molecule has 13 heteroatoms. The first kappa shape index (κ1) is 35.2. The van der Waals surface area contributed by atoms with Crippen LogP contribution in [-0.4, -0.2) is 56.7 Å². The van der Waals surface area contributed by atoms with Gasteiger partial charge < -0.3 is 34.9 Å². The molecule has 0 aliphatic heterocycles. The average molecular weight is 667 g/mol. The third-order valence-electron chi connectivity index (χ3n) is 8.21. The molecule has 1 aliphatic carbocycles. The molecule has 4 rings (SSSR count). The van der Waals surface area contributed by atoms with E-state index in [1.165, 1.54) is 27.2 Å². The fourth-order valence-electron chi connectivity index (χ4n) is 5.72. The highest BCUT2D eigenvalue weighted by Gasteiger charge is 2.31. The predicted molar refractivity (Wildman–Crippen MR) is 181 cm³/mol. The Balaban J connectivity index is 1.81. The second-order valence-corrected chi connectivity index (χ2v) is 12.2. The molecule has 252 valence electrons. The third kappa shape index (κ3) is 7.51. The van der Waals surface area contributed by atoms with E-state index in [1.54, 1.807) is 33.1 Å². The molecule has 2 aromatic carbocycles. The number of esters is 1. The summed E-state index contributed by atoms with van der Waals surface area (Å²) in [6.45, 7) is 8.91. The Kier molecular flexibility index (Phi) is 11.5. The molecule has 1 aliphatic rings. The van der Waals surface area contributed by atoms with Crippen molar-refractivity contribution < 1.29 is 33.3 Å². The Morgan fingerprint density at radius 3 is 2.40 bits per heavy atom. The number of fused-ring (bicyclic) bond motifs is 3. The van der Waals surface area contributed by atoms with Gasteiger partial charge in [-0.3, -0.25) is 14.4 Å². The lowest BCUT2D eigenvalue weighted by Crippen LogP contribution is -2.40. The maximum atomic E-state index is 13.9. The number of amides is 2. The number of nitrogens with one attached hydrogen (secondary N) is 3. The molecule has 3 aromatic rings. The van der Waals surface area contributed by atoms with E-state index in [4.69, 9.17) is 18.9 Å². The fraction of sp³-hybridized carbons (Fsp3) is 0.441. The highest BCUT2D eigenvalue weighted by molar-refractivity contribution is 7.17. The number of carbonyl (C=O) groups excluding carboxylic acids is 3. The van der Waals surface area contributed by atoms with Crippen molar-refractivity contribution >= 4 is 39.9 Å². The molecule has 3 atom stereocenters. The van der Waals surface area contributed by atoms with Gasteiger partial charge in [0.25, 0.3) is 0 Å². The molecule has 0 spiro atoms. The molecule has 1 aromatic heterocycles. The summed E-state index contributed by atoms with van der Waals surface area (Å²) in [6.07, 6.45) is 1.72. The molecule has 1 heterocycles. The van der Waals surface area contributed by atoms with Gasteiger partial charge in [-0.25, -0.2) is 9.78 Å². The van der Waals surface area contributed by atoms with E-state index >= 15 is 0 Å². The smallest absolute Gasteiger partial charge is 0.350 e. The summed E-state index contributed by atoms with van der Waals surface area (Å²) in [6, 6.07) is 5.55. The monoisotopic (exact) mass is 666 g/mol. The molecule has 0 saturated heterocycles. The largest absolute Gasteiger partial charge is 0.493 e. The zero-order valence-corrected chi connectivity index (χ0v) is 28.8. The van der Waals surface area contributed by atoms with Crippen LogP contribution in [0.5, 0.6) is 17.2 Å². The first-order valence-corrected chi connectivity index (χ1v) is 16.3. The van der Waals surface area contributed by atoms with E-state index < -0.39 is 24.0 Å². The molecule has 47 heavy (non-hydrogen) atoms. The van der Waals surface area contributed by atoms with Crippen molar-refractivity contribution in [1.29, 1.82) is 0 Å². The van der Waals surface area contributed by atoms with Crippen LogP contribution < -0.4 is 35.6 Å². The summed E-state index contributed by atoms with van der Waals surface area (Å²) in [7, 11) is 4.62. The normalized spacial score (nSPS) is 14.8. The minimum Gasteiger partial charge on any atom is -0.493 e. The maximum absolute atomic E-state index is 13.9. The number of rotatable bonds is 12. The predicted octanol–water partition coefficient (Wildman–Crippen LogP) is 5.27. The quantitative estimate of drug-likeness (QED) is 0.218. The van der Waals surface area contributed by atoms with Crippen molar-refractivity contribution in [3.8, 4) is 28.4 Å². The second-order valence-electron chi connectivity index (χ2n) is 11.2. The van der Waals surface area contributed by atoms with Gasteiger partial charge >= 0.3 is 5.97 Å². The number of ether oxygens (including phenoxy) is 4. The van der Waals surface area contributed by atoms with Crippen molar-refractivity contribution in [2.24, 2.45) is 5.92 Å². The number of hydrogen-bond acceptors (Lipinski definition) is 11. The Hall–Kier alpha value is -4.65. The summed E-state index contributed by atoms with van der Waals surface area (Å²) < 4.78 is 22.2. The molecule has 3 N–H and O–H groups in total. The average Bonchev–Trinajstić information content (AvgIpc) is 3.25. The van der Waals surface area contributed by atoms with Crippen molar-refractivity contribution in [2.75, 3.05) is 38.6 Å². The lowest BCUT2D eigenvalue weighted by Gasteiger charge is -2.23. The molecular weight excluding hydrogens is 624 g/mol. The molecule has 2 amide bonds. The lowest BCUT2D eigenvalue weighted by atomic mass is 9.95. The van der Waals surface area contributed by atoms with Crippen LogP contribution in [0.3, 0.4) is 0 Å². The standard InChI is InChI=1S/C34H42N4O8S/c1-9-17(3)28(32(41)38-34-35-18(4)31(47-34)33(42)46-10-2)37-24-14-12-21-22(16-25(24)40)23(36-19(5)39)13-11-20-15-26(43-6)29(44-7)30(45-8)27(20)21/h12,14-17,23,28H,9-11,13H2,1-8H3,(H,36,39)(H,37,40)(H,35,38,41)/t17-,23+,28+/m1/s1. The van der Waals surface area contributed by atoms with Gasteiger partial charge in [0, 0.05) is 12.5 Å². The van der Waals surface area contributed by atoms with Crippen LogP contribution in [0.4, 0.5) is 10.8 Å². The minimum atomic E-state index is -0.817. The zero-order chi connectivity index (χ0) is 34.4. The number of hydrogen-bond donors (Lipinski definition) is 3. The van der Waals surface area contributed by atoms with Crippen molar-refractivity contribution in [3.63, 3.8) is 0 Å². The van der Waals surface area contributed by atoms with Gasteiger partial charge in [0.2, 0.25) is 23.0 Å². The van der Waals surface area contributed by atoms with Crippen LogP contribution in [0.15, 0.2) is 29.1 Å². The number of aromatic nitrogens is 1. The number of methoxy groups -OCH3 is 3. The van der Waals surface area contributed by atoms with Gasteiger partial charge in [-0.2, -0.15) is 0 Å². The van der Waals surface area contributed by atoms with Gasteiger partial charge in [0.15, 0.2) is 16.6 Å². The van der Waals surface area contributed by atoms with E-state index in [-0.39, 0.29) is 34.7 Å². The minimum absolute atomic E-state index is 0.187. The fourth-order valence-corrected chi connectivity index (χ4v) is 6.58. The van der Waals surface area contributed by atoms with Gasteiger partial charge in [0.05, 0.1) is 45.4 Å². The van der Waals surface area contributed by atoms with Crippen molar-refractivity contribution in [2.45, 2.75) is 66.0 Å². The SMILES string of the molecule is CCOC(=O)c1sc(NC(=O)[C@@H](Nc2ccc3c(cc2=O)[C@@H](NC(C)=O)CCc2cc(OC)c(OC)c(OC)c2-3)[C@H](C)CC)nc1C. The van der Waals surface area contributed by atoms with Crippen LogP contribution in [0.2, 0.25) is 0 Å². The van der Waals surface area contributed by atoms with Gasteiger partial charge in [0.1, 0.15) is 10.9 Å². The number of aryl methyl sites for hydroxylation is 2. The summed E-state index contributed by atoms with van der Waals surface area (Å²) in [5.74, 6) is 0.0211. The molecule has 0 radical (unpaired) electrons. The van der Waals surface area contributed by atoms with Crippen molar-refractivity contribution in [3.05, 3.63) is 56.2 Å². The highest BCUT2D eigenvalue weighted by Crippen LogP contribution is 2.50. The third-order valence-corrected chi connectivity index (χ3v) is 9.26. The van der Waals surface area contributed by atoms with Crippen LogP contribution in [0, 0.1) is 12.8 Å². The summed E-state index contributed by atoms with van der Waals surface area (Å²) >= 11 is 1.03. The molecular formula is C34H42N4O8S. The first-order valence-electron chi connectivity index (χ1n) is 15.5. The Bertz CT molecular complexity index is 1720. The molecule has 12 nitrogen and oxygen atoms in total. The molecule has 0 fully saturated rings. The molecule has 0 saturated carbocycles. The van der Waals surface area contributed by atoms with E-state index in [2.05, 4.69) is 20.9 Å². The second kappa shape index (κ2) is 15.3. The van der Waals surface area contributed by atoms with Crippen LogP contribution in [0.25, 0.3) is 11.1 Å². The van der Waals surface area contributed by atoms with Gasteiger partial charge in [-0.05, 0) is 67.5 Å². The Labute approximate surface area is 278 Å². The van der Waals surface area contributed by atoms with Gasteiger partial charge in [-0.1, -0.05) is 37.7 Å². The van der Waals surface area contributed by atoms with Gasteiger partial charge in [-0.15, -0.1) is 0 Å². The number of thiazole rings is 1. The van der Waals surface area contributed by atoms with E-state index in [1.807, 2.05) is 19.9 Å². The van der Waals surface area contributed by atoms with Crippen molar-refractivity contribution in [1.82, 2.24) is 10.3 Å². The van der Waals surface area contributed by atoms with E-state index in [0.717, 1.165) is 22.5 Å². The summed E-state index contributed by atoms with van der Waals surface area (Å²) in [5.41, 5.74) is 3.20.